The molecule has 1 heterocycles. The van der Waals surface area contributed by atoms with Crippen molar-refractivity contribution in [2.24, 2.45) is 5.92 Å². The van der Waals surface area contributed by atoms with Crippen molar-refractivity contribution >= 4 is 0 Å². The average molecular weight is 212 g/mol. The summed E-state index contributed by atoms with van der Waals surface area (Å²) in [6.45, 7) is 5.34. The minimum Gasteiger partial charge on any atom is -0.393 e. The lowest BCUT2D eigenvalue weighted by atomic mass is 9.92. The summed E-state index contributed by atoms with van der Waals surface area (Å²) in [5.41, 5.74) is 0. The summed E-state index contributed by atoms with van der Waals surface area (Å²) in [5, 5.41) is 9.93. The molecule has 0 amide bonds. The van der Waals surface area contributed by atoms with E-state index in [1.807, 2.05) is 6.08 Å². The molecule has 1 rings (SSSR count). The monoisotopic (exact) mass is 212 g/mol. The number of rotatable bonds is 7. The topological polar surface area (TPSA) is 29.5 Å². The van der Waals surface area contributed by atoms with Crippen molar-refractivity contribution in [3.63, 3.8) is 0 Å². The molecule has 0 saturated carbocycles. The van der Waals surface area contributed by atoms with Crippen LogP contribution in [0.3, 0.4) is 0 Å². The first kappa shape index (κ1) is 12.7. The molecular formula is C13H24O2. The Bertz CT molecular complexity index is 162. The van der Waals surface area contributed by atoms with Crippen molar-refractivity contribution < 1.29 is 9.84 Å². The summed E-state index contributed by atoms with van der Waals surface area (Å²) < 4.78 is 5.37. The molecule has 88 valence electrons. The van der Waals surface area contributed by atoms with E-state index in [-0.39, 0.29) is 6.10 Å². The molecule has 0 aromatic carbocycles. The van der Waals surface area contributed by atoms with Crippen LogP contribution in [0.25, 0.3) is 0 Å². The van der Waals surface area contributed by atoms with Crippen molar-refractivity contribution in [3.05, 3.63) is 12.7 Å². The van der Waals surface area contributed by atoms with Gasteiger partial charge in [0.15, 0.2) is 0 Å². The molecule has 0 aromatic rings. The van der Waals surface area contributed by atoms with Gasteiger partial charge in [-0.3, -0.25) is 0 Å². The maximum Gasteiger partial charge on any atom is 0.0590 e. The number of unbranched alkanes of at least 4 members (excludes halogenated alkanes) is 3. The molecule has 1 aliphatic rings. The summed E-state index contributed by atoms with van der Waals surface area (Å²) in [6.07, 6.45) is 9.64. The molecular weight excluding hydrogens is 188 g/mol. The van der Waals surface area contributed by atoms with Crippen LogP contribution >= 0.6 is 0 Å². The highest BCUT2D eigenvalue weighted by Crippen LogP contribution is 2.21. The van der Waals surface area contributed by atoms with Gasteiger partial charge in [0.05, 0.1) is 12.7 Å². The molecule has 1 fully saturated rings. The van der Waals surface area contributed by atoms with E-state index in [1.165, 1.54) is 12.8 Å². The molecule has 0 aliphatic carbocycles. The first-order chi connectivity index (χ1) is 7.34. The number of allylic oxidation sites excluding steroid dienone is 1. The van der Waals surface area contributed by atoms with E-state index in [2.05, 4.69) is 6.58 Å². The molecule has 1 N–H and O–H groups in total. The zero-order valence-corrected chi connectivity index (χ0v) is 9.66. The summed E-state index contributed by atoms with van der Waals surface area (Å²) in [6, 6.07) is 0. The van der Waals surface area contributed by atoms with Crippen molar-refractivity contribution in [2.45, 2.75) is 51.0 Å². The Morgan fingerprint density at radius 2 is 2.27 bits per heavy atom. The van der Waals surface area contributed by atoms with E-state index in [4.69, 9.17) is 4.74 Å². The van der Waals surface area contributed by atoms with Crippen LogP contribution in [0.1, 0.15) is 44.9 Å². The third-order valence-electron chi connectivity index (χ3n) is 3.15. The third-order valence-corrected chi connectivity index (χ3v) is 3.15. The molecule has 1 aliphatic heterocycles. The molecule has 0 bridgehead atoms. The van der Waals surface area contributed by atoms with Crippen LogP contribution in [0.2, 0.25) is 0 Å². The van der Waals surface area contributed by atoms with Gasteiger partial charge in [-0.1, -0.05) is 18.9 Å². The standard InChI is InChI=1S/C13H24O2/c1-2-3-4-5-6-9-13(14)12-8-7-10-15-11-12/h2,12-14H,1,3-11H2. The largest absolute Gasteiger partial charge is 0.393 e. The fraction of sp³-hybridized carbons (Fsp3) is 0.846. The van der Waals surface area contributed by atoms with Crippen molar-refractivity contribution in [2.75, 3.05) is 13.2 Å². The van der Waals surface area contributed by atoms with Crippen LogP contribution in [-0.2, 0) is 4.74 Å². The van der Waals surface area contributed by atoms with Crippen LogP contribution < -0.4 is 0 Å². The van der Waals surface area contributed by atoms with Crippen molar-refractivity contribution in [3.8, 4) is 0 Å². The van der Waals surface area contributed by atoms with Gasteiger partial charge in [-0.15, -0.1) is 6.58 Å². The number of hydrogen-bond acceptors (Lipinski definition) is 2. The lowest BCUT2D eigenvalue weighted by Gasteiger charge is -2.26. The number of aliphatic hydroxyl groups excluding tert-OH is 1. The normalized spacial score (nSPS) is 23.7. The Morgan fingerprint density at radius 3 is 2.93 bits per heavy atom. The number of ether oxygens (including phenoxy) is 1. The molecule has 2 heteroatoms. The van der Waals surface area contributed by atoms with Crippen LogP contribution in [-0.4, -0.2) is 24.4 Å². The second kappa shape index (κ2) is 7.89. The van der Waals surface area contributed by atoms with Gasteiger partial charge in [0.25, 0.3) is 0 Å². The van der Waals surface area contributed by atoms with Gasteiger partial charge >= 0.3 is 0 Å². The number of aliphatic hydroxyl groups is 1. The summed E-state index contributed by atoms with van der Waals surface area (Å²) in [4.78, 5) is 0. The lowest BCUT2D eigenvalue weighted by molar-refractivity contribution is -0.0126. The molecule has 0 aromatic heterocycles. The van der Waals surface area contributed by atoms with Gasteiger partial charge in [-0.25, -0.2) is 0 Å². The Hall–Kier alpha value is -0.340. The highest BCUT2D eigenvalue weighted by atomic mass is 16.5. The molecule has 15 heavy (non-hydrogen) atoms. The van der Waals surface area contributed by atoms with E-state index < -0.39 is 0 Å². The first-order valence-electron chi connectivity index (χ1n) is 6.21. The van der Waals surface area contributed by atoms with Gasteiger partial charge in [0.1, 0.15) is 0 Å². The zero-order chi connectivity index (χ0) is 10.9. The minimum absolute atomic E-state index is 0.144. The van der Waals surface area contributed by atoms with Crippen LogP contribution in [0, 0.1) is 5.92 Å². The third kappa shape index (κ3) is 5.33. The molecule has 0 spiro atoms. The van der Waals surface area contributed by atoms with E-state index >= 15 is 0 Å². The quantitative estimate of drug-likeness (QED) is 0.519. The molecule has 0 radical (unpaired) electrons. The number of hydrogen-bond donors (Lipinski definition) is 1. The fourth-order valence-electron chi connectivity index (χ4n) is 2.12. The Kier molecular flexibility index (Phi) is 6.69. The van der Waals surface area contributed by atoms with E-state index in [0.29, 0.717) is 5.92 Å². The van der Waals surface area contributed by atoms with Gasteiger partial charge in [0.2, 0.25) is 0 Å². The van der Waals surface area contributed by atoms with Crippen molar-refractivity contribution in [1.29, 1.82) is 0 Å². The SMILES string of the molecule is C=CCCCCCC(O)C1CCCOC1. The van der Waals surface area contributed by atoms with E-state index in [1.54, 1.807) is 0 Å². The van der Waals surface area contributed by atoms with Crippen LogP contribution in [0.4, 0.5) is 0 Å². The van der Waals surface area contributed by atoms with Gasteiger partial charge in [-0.05, 0) is 32.1 Å². The average Bonchev–Trinajstić information content (AvgIpc) is 2.30. The predicted molar refractivity (Wildman–Crippen MR) is 62.8 cm³/mol. The van der Waals surface area contributed by atoms with E-state index in [9.17, 15) is 5.11 Å². The van der Waals surface area contributed by atoms with E-state index in [0.717, 1.165) is 45.3 Å². The fourth-order valence-corrected chi connectivity index (χ4v) is 2.12. The highest BCUT2D eigenvalue weighted by molar-refractivity contribution is 4.72. The predicted octanol–water partition coefficient (Wildman–Crippen LogP) is 2.91. The second-order valence-electron chi connectivity index (χ2n) is 4.47. The lowest BCUT2D eigenvalue weighted by Crippen LogP contribution is -2.28. The minimum atomic E-state index is -0.144. The van der Waals surface area contributed by atoms with Crippen LogP contribution in [0.15, 0.2) is 12.7 Å². The first-order valence-corrected chi connectivity index (χ1v) is 6.21. The van der Waals surface area contributed by atoms with Gasteiger partial charge < -0.3 is 9.84 Å². The zero-order valence-electron chi connectivity index (χ0n) is 9.66. The summed E-state index contributed by atoms with van der Waals surface area (Å²) in [7, 11) is 0. The van der Waals surface area contributed by atoms with Gasteiger partial charge in [-0.2, -0.15) is 0 Å². The molecule has 2 nitrogen and oxygen atoms in total. The molecule has 2 unspecified atom stereocenters. The Labute approximate surface area is 93.3 Å². The van der Waals surface area contributed by atoms with Crippen LogP contribution in [0.5, 0.6) is 0 Å². The highest BCUT2D eigenvalue weighted by Gasteiger charge is 2.21. The Balaban J connectivity index is 2.01. The summed E-state index contributed by atoms with van der Waals surface area (Å²) >= 11 is 0. The summed E-state index contributed by atoms with van der Waals surface area (Å²) in [5.74, 6) is 0.387. The molecule has 1 saturated heterocycles. The van der Waals surface area contributed by atoms with Gasteiger partial charge in [0, 0.05) is 12.5 Å². The second-order valence-corrected chi connectivity index (χ2v) is 4.47. The smallest absolute Gasteiger partial charge is 0.0590 e. The maximum absolute atomic E-state index is 9.93. The van der Waals surface area contributed by atoms with Crippen molar-refractivity contribution in [1.82, 2.24) is 0 Å². The maximum atomic E-state index is 9.93. The Morgan fingerprint density at radius 1 is 1.40 bits per heavy atom. The molecule has 2 atom stereocenters.